The van der Waals surface area contributed by atoms with Gasteiger partial charge in [-0.05, 0) is 62.4 Å². The lowest BCUT2D eigenvalue weighted by Crippen LogP contribution is -2.12. The van der Waals surface area contributed by atoms with Gasteiger partial charge in [0.2, 0.25) is 0 Å². The van der Waals surface area contributed by atoms with Crippen LogP contribution in [0.1, 0.15) is 16.7 Å². The summed E-state index contributed by atoms with van der Waals surface area (Å²) in [4.78, 5) is 0. The van der Waals surface area contributed by atoms with E-state index in [2.05, 4.69) is 45.0 Å². The molecule has 0 amide bonds. The zero-order valence-electron chi connectivity index (χ0n) is 9.47. The summed E-state index contributed by atoms with van der Waals surface area (Å²) in [6, 6.07) is 6.04. The third-order valence-corrected chi connectivity index (χ3v) is 4.73. The van der Waals surface area contributed by atoms with E-state index in [1.165, 1.54) is 16.7 Å². The highest BCUT2D eigenvalue weighted by Gasteiger charge is 2.01. The smallest absolute Gasteiger partial charge is 0.0551 e. The van der Waals surface area contributed by atoms with Crippen molar-refractivity contribution in [2.45, 2.75) is 20.0 Å². The molecule has 17 heavy (non-hydrogen) atoms. The third-order valence-electron chi connectivity index (χ3n) is 2.59. The maximum absolute atomic E-state index is 6.04. The number of nitrogens with one attached hydrogen (secondary N) is 1. The number of rotatable bonds is 4. The zero-order chi connectivity index (χ0) is 12.3. The summed E-state index contributed by atoms with van der Waals surface area (Å²) in [5.41, 5.74) is 3.93. The lowest BCUT2D eigenvalue weighted by Gasteiger charge is -2.06. The Morgan fingerprint density at radius 1 is 1.29 bits per heavy atom. The topological polar surface area (TPSA) is 12.0 Å². The Labute approximate surface area is 119 Å². The van der Waals surface area contributed by atoms with Gasteiger partial charge in [-0.1, -0.05) is 17.7 Å². The monoisotopic (exact) mass is 329 g/mol. The second-order valence-corrected chi connectivity index (χ2v) is 5.94. The Bertz CT molecular complexity index is 510. The summed E-state index contributed by atoms with van der Waals surface area (Å²) in [6.07, 6.45) is 0. The molecule has 1 aromatic heterocycles. The predicted molar refractivity (Wildman–Crippen MR) is 78.8 cm³/mol. The molecule has 0 fully saturated rings. The highest BCUT2D eigenvalue weighted by atomic mass is 79.9. The van der Waals surface area contributed by atoms with Gasteiger partial charge in [-0.15, -0.1) is 0 Å². The minimum atomic E-state index is 0.760. The first-order chi connectivity index (χ1) is 8.16. The van der Waals surface area contributed by atoms with E-state index in [1.54, 1.807) is 11.3 Å². The van der Waals surface area contributed by atoms with Crippen LogP contribution in [0.4, 0.5) is 0 Å². The molecule has 4 heteroatoms. The van der Waals surface area contributed by atoms with E-state index in [-0.39, 0.29) is 0 Å². The molecule has 1 aromatic carbocycles. The number of aryl methyl sites for hydroxylation is 1. The van der Waals surface area contributed by atoms with Gasteiger partial charge in [0.1, 0.15) is 0 Å². The number of halogens is 2. The first-order valence-electron chi connectivity index (χ1n) is 5.33. The van der Waals surface area contributed by atoms with E-state index in [9.17, 15) is 0 Å². The molecule has 2 aromatic rings. The van der Waals surface area contributed by atoms with E-state index in [4.69, 9.17) is 11.6 Å². The van der Waals surface area contributed by atoms with Crippen molar-refractivity contribution in [1.82, 2.24) is 5.32 Å². The highest BCUT2D eigenvalue weighted by molar-refractivity contribution is 9.10. The highest BCUT2D eigenvalue weighted by Crippen LogP contribution is 2.23. The van der Waals surface area contributed by atoms with Crippen molar-refractivity contribution in [3.8, 4) is 0 Å². The molecule has 2 rings (SSSR count). The van der Waals surface area contributed by atoms with Crippen LogP contribution in [0.2, 0.25) is 5.02 Å². The minimum Gasteiger partial charge on any atom is -0.309 e. The maximum Gasteiger partial charge on any atom is 0.0551 e. The first kappa shape index (κ1) is 13.1. The fourth-order valence-corrected chi connectivity index (χ4v) is 2.87. The molecule has 0 aliphatic heterocycles. The van der Waals surface area contributed by atoms with Crippen LogP contribution < -0.4 is 5.32 Å². The number of thiophene rings is 1. The predicted octanol–water partition coefficient (Wildman–Crippen LogP) is 4.76. The molecule has 1 N–H and O–H groups in total. The zero-order valence-corrected chi connectivity index (χ0v) is 12.6. The number of hydrogen-bond donors (Lipinski definition) is 1. The van der Waals surface area contributed by atoms with E-state index < -0.39 is 0 Å². The molecule has 0 atom stereocenters. The van der Waals surface area contributed by atoms with Crippen LogP contribution in [-0.4, -0.2) is 0 Å². The van der Waals surface area contributed by atoms with E-state index in [1.807, 2.05) is 12.1 Å². The average molecular weight is 331 g/mol. The fourth-order valence-electron chi connectivity index (χ4n) is 1.56. The SMILES string of the molecule is Cc1cscc1CNCc1ccc(Br)c(Cl)c1. The van der Waals surface area contributed by atoms with Gasteiger partial charge < -0.3 is 5.32 Å². The van der Waals surface area contributed by atoms with Crippen molar-refractivity contribution >= 4 is 38.9 Å². The summed E-state index contributed by atoms with van der Waals surface area (Å²) in [6.45, 7) is 3.88. The van der Waals surface area contributed by atoms with Crippen molar-refractivity contribution in [2.24, 2.45) is 0 Å². The summed E-state index contributed by atoms with van der Waals surface area (Å²) in [5.74, 6) is 0. The Kier molecular flexibility index (Phi) is 4.62. The molecule has 0 saturated heterocycles. The molecule has 1 heterocycles. The van der Waals surface area contributed by atoms with E-state index >= 15 is 0 Å². The molecule has 0 saturated carbocycles. The Hall–Kier alpha value is -0.350. The molecule has 0 radical (unpaired) electrons. The largest absolute Gasteiger partial charge is 0.309 e. The van der Waals surface area contributed by atoms with Crippen LogP contribution in [0, 0.1) is 6.92 Å². The normalized spacial score (nSPS) is 10.8. The average Bonchev–Trinajstić information content (AvgIpc) is 2.70. The van der Waals surface area contributed by atoms with Crippen LogP contribution in [0.5, 0.6) is 0 Å². The van der Waals surface area contributed by atoms with Crippen molar-refractivity contribution in [3.05, 3.63) is 55.1 Å². The lowest BCUT2D eigenvalue weighted by molar-refractivity contribution is 0.692. The molecule has 90 valence electrons. The summed E-state index contributed by atoms with van der Waals surface area (Å²) >= 11 is 11.2. The lowest BCUT2D eigenvalue weighted by atomic mass is 10.2. The maximum atomic E-state index is 6.04. The van der Waals surface area contributed by atoms with Gasteiger partial charge in [-0.3, -0.25) is 0 Å². The molecular weight excluding hydrogens is 318 g/mol. The van der Waals surface area contributed by atoms with Crippen molar-refractivity contribution < 1.29 is 0 Å². The summed E-state index contributed by atoms with van der Waals surface area (Å²) in [7, 11) is 0. The second-order valence-electron chi connectivity index (χ2n) is 3.93. The second kappa shape index (κ2) is 6.01. The van der Waals surface area contributed by atoms with Gasteiger partial charge in [0.05, 0.1) is 5.02 Å². The van der Waals surface area contributed by atoms with Crippen LogP contribution in [0.15, 0.2) is 33.4 Å². The standard InChI is InChI=1S/C13H13BrClNS/c1-9-7-17-8-11(9)6-16-5-10-2-3-12(14)13(15)4-10/h2-4,7-8,16H,5-6H2,1H3. The van der Waals surface area contributed by atoms with Gasteiger partial charge in [0, 0.05) is 17.6 Å². The van der Waals surface area contributed by atoms with Crippen LogP contribution in [-0.2, 0) is 13.1 Å². The summed E-state index contributed by atoms with van der Waals surface area (Å²) < 4.78 is 0.941. The number of benzene rings is 1. The van der Waals surface area contributed by atoms with Crippen LogP contribution >= 0.6 is 38.9 Å². The Balaban J connectivity index is 1.90. The molecule has 0 aliphatic rings. The van der Waals surface area contributed by atoms with Crippen molar-refractivity contribution in [1.29, 1.82) is 0 Å². The molecular formula is C13H13BrClNS. The Morgan fingerprint density at radius 3 is 2.76 bits per heavy atom. The molecule has 0 bridgehead atoms. The first-order valence-corrected chi connectivity index (χ1v) is 7.44. The Morgan fingerprint density at radius 2 is 2.12 bits per heavy atom. The van der Waals surface area contributed by atoms with Gasteiger partial charge >= 0.3 is 0 Å². The number of hydrogen-bond acceptors (Lipinski definition) is 2. The van der Waals surface area contributed by atoms with Gasteiger partial charge in [-0.25, -0.2) is 0 Å². The molecule has 0 unspecified atom stereocenters. The third kappa shape index (κ3) is 3.55. The molecule has 0 aliphatic carbocycles. The van der Waals surface area contributed by atoms with Crippen LogP contribution in [0.25, 0.3) is 0 Å². The minimum absolute atomic E-state index is 0.760. The quantitative estimate of drug-likeness (QED) is 0.852. The van der Waals surface area contributed by atoms with Crippen LogP contribution in [0.3, 0.4) is 0 Å². The molecule has 1 nitrogen and oxygen atoms in total. The summed E-state index contributed by atoms with van der Waals surface area (Å²) in [5, 5.41) is 8.55. The van der Waals surface area contributed by atoms with Crippen molar-refractivity contribution in [3.63, 3.8) is 0 Å². The fraction of sp³-hybridized carbons (Fsp3) is 0.231. The van der Waals surface area contributed by atoms with Gasteiger partial charge in [0.25, 0.3) is 0 Å². The van der Waals surface area contributed by atoms with Crippen molar-refractivity contribution in [2.75, 3.05) is 0 Å². The van der Waals surface area contributed by atoms with Gasteiger partial charge in [-0.2, -0.15) is 11.3 Å². The van der Waals surface area contributed by atoms with E-state index in [0.29, 0.717) is 0 Å². The van der Waals surface area contributed by atoms with E-state index in [0.717, 1.165) is 22.6 Å². The molecule has 0 spiro atoms. The van der Waals surface area contributed by atoms with Gasteiger partial charge in [0.15, 0.2) is 0 Å².